The summed E-state index contributed by atoms with van der Waals surface area (Å²) in [5.74, 6) is -3.40. The van der Waals surface area contributed by atoms with E-state index in [1.54, 1.807) is 0 Å². The molecule has 21 heavy (non-hydrogen) atoms. The minimum Gasteiger partial charge on any atom is -0.481 e. The molecule has 6 N–H and O–H groups in total. The van der Waals surface area contributed by atoms with E-state index in [2.05, 4.69) is 23.3 Å². The number of hydrogen-bond acceptors (Lipinski definition) is 6. The van der Waals surface area contributed by atoms with Crippen molar-refractivity contribution in [2.75, 3.05) is 12.3 Å². The van der Waals surface area contributed by atoms with Gasteiger partial charge in [0.15, 0.2) is 0 Å². The number of carboxylic acids is 2. The van der Waals surface area contributed by atoms with Crippen molar-refractivity contribution < 1.29 is 29.4 Å². The van der Waals surface area contributed by atoms with E-state index < -0.39 is 42.4 Å². The van der Waals surface area contributed by atoms with E-state index in [-0.39, 0.29) is 25.0 Å². The minimum absolute atomic E-state index is 0.00162. The molecular formula is C11H19N3O6S. The summed E-state index contributed by atoms with van der Waals surface area (Å²) < 4.78 is 0. The van der Waals surface area contributed by atoms with E-state index in [0.29, 0.717) is 0 Å². The highest BCUT2D eigenvalue weighted by Gasteiger charge is 2.20. The maximum Gasteiger partial charge on any atom is 0.322 e. The van der Waals surface area contributed by atoms with Crippen molar-refractivity contribution in [2.24, 2.45) is 5.73 Å². The average Bonchev–Trinajstić information content (AvgIpc) is 2.39. The molecule has 2 amide bonds. The van der Waals surface area contributed by atoms with Gasteiger partial charge in [0.05, 0.1) is 6.42 Å². The molecular weight excluding hydrogens is 302 g/mol. The number of carboxylic acid groups (broad SMARTS) is 2. The molecule has 0 heterocycles. The summed E-state index contributed by atoms with van der Waals surface area (Å²) in [5, 5.41) is 21.5. The molecule has 10 heteroatoms. The fourth-order valence-corrected chi connectivity index (χ4v) is 1.65. The van der Waals surface area contributed by atoms with E-state index in [1.165, 1.54) is 0 Å². The normalized spacial score (nSPS) is 13.0. The Kier molecular flexibility index (Phi) is 9.13. The molecule has 0 aliphatic carbocycles. The van der Waals surface area contributed by atoms with Crippen LogP contribution in [0.3, 0.4) is 0 Å². The molecule has 0 saturated heterocycles. The van der Waals surface area contributed by atoms with Crippen molar-refractivity contribution in [3.63, 3.8) is 0 Å². The molecule has 0 fully saturated rings. The van der Waals surface area contributed by atoms with E-state index in [1.807, 2.05) is 0 Å². The second kappa shape index (κ2) is 10.00. The highest BCUT2D eigenvalue weighted by molar-refractivity contribution is 7.80. The molecule has 0 aromatic heterocycles. The van der Waals surface area contributed by atoms with Crippen molar-refractivity contribution in [1.82, 2.24) is 10.6 Å². The highest BCUT2D eigenvalue weighted by Crippen LogP contribution is 2.00. The topological polar surface area (TPSA) is 159 Å². The summed E-state index contributed by atoms with van der Waals surface area (Å²) in [5.41, 5.74) is 5.51. The van der Waals surface area contributed by atoms with E-state index >= 15 is 0 Å². The summed E-state index contributed by atoms with van der Waals surface area (Å²) in [7, 11) is 0. The van der Waals surface area contributed by atoms with E-state index in [9.17, 15) is 19.2 Å². The summed E-state index contributed by atoms with van der Waals surface area (Å²) in [6.07, 6.45) is -0.124. The second-order valence-corrected chi connectivity index (χ2v) is 4.68. The summed E-state index contributed by atoms with van der Waals surface area (Å²) >= 11 is 3.90. The Bertz CT molecular complexity index is 403. The summed E-state index contributed by atoms with van der Waals surface area (Å²) in [6, 6.07) is -1.61. The van der Waals surface area contributed by atoms with E-state index in [0.717, 1.165) is 0 Å². The van der Waals surface area contributed by atoms with Crippen LogP contribution in [-0.4, -0.2) is 58.3 Å². The van der Waals surface area contributed by atoms with Gasteiger partial charge in [-0.15, -0.1) is 0 Å². The molecule has 2 atom stereocenters. The Morgan fingerprint density at radius 1 is 1.14 bits per heavy atom. The zero-order valence-electron chi connectivity index (χ0n) is 11.2. The van der Waals surface area contributed by atoms with Crippen molar-refractivity contribution in [1.29, 1.82) is 0 Å². The summed E-state index contributed by atoms with van der Waals surface area (Å²) in [6.45, 7) is -0.553. The lowest BCUT2D eigenvalue weighted by atomic mass is 10.1. The number of thiol groups is 1. The third-order valence-electron chi connectivity index (χ3n) is 2.43. The van der Waals surface area contributed by atoms with Gasteiger partial charge in [-0.3, -0.25) is 19.2 Å². The first-order valence-electron chi connectivity index (χ1n) is 6.13. The van der Waals surface area contributed by atoms with Gasteiger partial charge >= 0.3 is 11.9 Å². The summed E-state index contributed by atoms with van der Waals surface area (Å²) in [4.78, 5) is 43.9. The smallest absolute Gasteiger partial charge is 0.322 e. The molecule has 0 aromatic rings. The van der Waals surface area contributed by atoms with Crippen LogP contribution in [0, 0.1) is 0 Å². The van der Waals surface area contributed by atoms with Crippen molar-refractivity contribution in [2.45, 2.75) is 31.3 Å². The lowest BCUT2D eigenvalue weighted by Crippen LogP contribution is -2.49. The lowest BCUT2D eigenvalue weighted by Gasteiger charge is -2.16. The third-order valence-corrected chi connectivity index (χ3v) is 2.79. The van der Waals surface area contributed by atoms with Crippen LogP contribution in [-0.2, 0) is 19.2 Å². The number of carbonyl (C=O) groups excluding carboxylic acids is 2. The molecule has 0 aromatic carbocycles. The lowest BCUT2D eigenvalue weighted by molar-refractivity contribution is -0.138. The van der Waals surface area contributed by atoms with Gasteiger partial charge in [0.2, 0.25) is 11.8 Å². The van der Waals surface area contributed by atoms with Gasteiger partial charge < -0.3 is 26.6 Å². The third kappa shape index (κ3) is 9.68. The van der Waals surface area contributed by atoms with Crippen LogP contribution in [0.1, 0.15) is 19.3 Å². The molecule has 2 unspecified atom stereocenters. The number of carbonyl (C=O) groups is 4. The van der Waals surface area contributed by atoms with Crippen LogP contribution >= 0.6 is 12.6 Å². The first-order valence-corrected chi connectivity index (χ1v) is 6.76. The highest BCUT2D eigenvalue weighted by atomic mass is 32.1. The van der Waals surface area contributed by atoms with Crippen LogP contribution in [0.2, 0.25) is 0 Å². The molecule has 120 valence electrons. The first-order chi connectivity index (χ1) is 9.76. The van der Waals surface area contributed by atoms with Crippen molar-refractivity contribution >= 4 is 36.4 Å². The number of nitrogens with two attached hydrogens (primary N) is 1. The van der Waals surface area contributed by atoms with Crippen LogP contribution < -0.4 is 16.4 Å². The fraction of sp³-hybridized carbons (Fsp3) is 0.636. The van der Waals surface area contributed by atoms with E-state index in [4.69, 9.17) is 15.9 Å². The minimum atomic E-state index is -1.20. The molecule has 0 spiro atoms. The average molecular weight is 321 g/mol. The zero-order chi connectivity index (χ0) is 16.4. The molecule has 0 rings (SSSR count). The van der Waals surface area contributed by atoms with Crippen LogP contribution in [0.5, 0.6) is 0 Å². The molecule has 0 saturated carbocycles. The van der Waals surface area contributed by atoms with Gasteiger partial charge in [-0.25, -0.2) is 0 Å². The predicted molar refractivity (Wildman–Crippen MR) is 75.9 cm³/mol. The SMILES string of the molecule is NC(CCC(=O)NC(CS)C(=O)NCC(=O)O)CC(=O)O. The molecule has 0 aliphatic rings. The van der Waals surface area contributed by atoms with Crippen LogP contribution in [0.25, 0.3) is 0 Å². The van der Waals surface area contributed by atoms with Gasteiger partial charge in [-0.05, 0) is 6.42 Å². The van der Waals surface area contributed by atoms with Gasteiger partial charge in [0.25, 0.3) is 0 Å². The molecule has 9 nitrogen and oxygen atoms in total. The maximum absolute atomic E-state index is 11.6. The number of nitrogens with one attached hydrogen (secondary N) is 2. The number of amides is 2. The largest absolute Gasteiger partial charge is 0.481 e. The Hall–Kier alpha value is -1.81. The Morgan fingerprint density at radius 2 is 1.76 bits per heavy atom. The predicted octanol–water partition coefficient (Wildman–Crippen LogP) is -1.82. The van der Waals surface area contributed by atoms with Crippen LogP contribution in [0.15, 0.2) is 0 Å². The molecule has 0 radical (unpaired) electrons. The van der Waals surface area contributed by atoms with Gasteiger partial charge in [-0.2, -0.15) is 12.6 Å². The second-order valence-electron chi connectivity index (χ2n) is 4.31. The van der Waals surface area contributed by atoms with Crippen molar-refractivity contribution in [3.05, 3.63) is 0 Å². The number of hydrogen-bond donors (Lipinski definition) is 6. The zero-order valence-corrected chi connectivity index (χ0v) is 12.1. The van der Waals surface area contributed by atoms with Gasteiger partial charge in [0.1, 0.15) is 12.6 Å². The van der Waals surface area contributed by atoms with Crippen LogP contribution in [0.4, 0.5) is 0 Å². The Labute approximate surface area is 126 Å². The molecule has 0 bridgehead atoms. The molecule has 0 aliphatic heterocycles. The number of aliphatic carboxylic acids is 2. The maximum atomic E-state index is 11.6. The van der Waals surface area contributed by atoms with Crippen molar-refractivity contribution in [3.8, 4) is 0 Å². The Morgan fingerprint density at radius 3 is 2.24 bits per heavy atom. The number of rotatable bonds is 10. The monoisotopic (exact) mass is 321 g/mol. The Balaban J connectivity index is 4.17. The van der Waals surface area contributed by atoms with Gasteiger partial charge in [-0.1, -0.05) is 0 Å². The quantitative estimate of drug-likeness (QED) is 0.258. The standard InChI is InChI=1S/C11H19N3O6S/c12-6(3-9(16)17)1-2-8(15)14-7(5-21)11(20)13-4-10(18)19/h6-7,21H,1-5,12H2,(H,13,20)(H,14,15)(H,16,17)(H,18,19). The fourth-order valence-electron chi connectivity index (χ4n) is 1.39. The first kappa shape index (κ1) is 19.2. The van der Waals surface area contributed by atoms with Gasteiger partial charge in [0, 0.05) is 18.2 Å².